The van der Waals surface area contributed by atoms with E-state index in [1.54, 1.807) is 12.4 Å². The van der Waals surface area contributed by atoms with Gasteiger partial charge in [-0.25, -0.2) is 0 Å². The highest BCUT2D eigenvalue weighted by Gasteiger charge is 2.01. The Morgan fingerprint density at radius 2 is 2.36 bits per heavy atom. The Hall–Kier alpha value is -1.29. The number of hydrogen-bond donors (Lipinski definition) is 3. The molecule has 0 spiro atoms. The molecule has 0 saturated carbocycles. The molecule has 4 N–H and O–H groups in total. The molecule has 0 aromatic carbocycles. The Morgan fingerprint density at radius 1 is 1.57 bits per heavy atom. The minimum Gasteiger partial charge on any atom is -0.397 e. The number of aliphatic hydroxyl groups excluding tert-OH is 1. The van der Waals surface area contributed by atoms with Crippen molar-refractivity contribution in [2.45, 2.75) is 25.8 Å². The van der Waals surface area contributed by atoms with Crippen LogP contribution in [0.2, 0.25) is 0 Å². The van der Waals surface area contributed by atoms with E-state index in [9.17, 15) is 0 Å². The van der Waals surface area contributed by atoms with Crippen molar-refractivity contribution in [3.8, 4) is 0 Å². The highest BCUT2D eigenvalue weighted by molar-refractivity contribution is 5.51. The fourth-order valence-electron chi connectivity index (χ4n) is 1.29. The molecule has 0 fully saturated rings. The first-order valence-corrected chi connectivity index (χ1v) is 4.80. The lowest BCUT2D eigenvalue weighted by Gasteiger charge is -2.14. The third-order valence-corrected chi connectivity index (χ3v) is 1.97. The van der Waals surface area contributed by atoms with Crippen LogP contribution in [0, 0.1) is 0 Å². The molecule has 0 bridgehead atoms. The Morgan fingerprint density at radius 3 is 3.00 bits per heavy atom. The third kappa shape index (κ3) is 3.62. The number of pyridine rings is 1. The lowest BCUT2D eigenvalue weighted by molar-refractivity contribution is 0.282. The minimum absolute atomic E-state index is 0.237. The van der Waals surface area contributed by atoms with E-state index < -0.39 is 0 Å². The van der Waals surface area contributed by atoms with Crippen LogP contribution in [-0.2, 0) is 0 Å². The summed E-state index contributed by atoms with van der Waals surface area (Å²) in [4.78, 5) is 3.98. The monoisotopic (exact) mass is 195 g/mol. The molecule has 0 aliphatic heterocycles. The Kier molecular flexibility index (Phi) is 4.19. The van der Waals surface area contributed by atoms with Crippen molar-refractivity contribution in [3.63, 3.8) is 0 Å². The number of rotatable bonds is 5. The summed E-state index contributed by atoms with van der Waals surface area (Å²) in [5.74, 6) is 0. The van der Waals surface area contributed by atoms with Crippen LogP contribution < -0.4 is 11.1 Å². The summed E-state index contributed by atoms with van der Waals surface area (Å²) in [6, 6.07) is 2.17. The molecule has 0 aliphatic rings. The van der Waals surface area contributed by atoms with Crippen LogP contribution in [0.4, 0.5) is 11.4 Å². The van der Waals surface area contributed by atoms with E-state index >= 15 is 0 Å². The normalized spacial score (nSPS) is 12.4. The molecule has 4 nitrogen and oxygen atoms in total. The summed E-state index contributed by atoms with van der Waals surface area (Å²) in [6.07, 6.45) is 5.10. The average Bonchev–Trinajstić information content (AvgIpc) is 2.15. The smallest absolute Gasteiger partial charge is 0.0549 e. The molecule has 1 aromatic rings. The summed E-state index contributed by atoms with van der Waals surface area (Å²) < 4.78 is 0. The Bertz CT molecular complexity index is 278. The van der Waals surface area contributed by atoms with E-state index in [0.29, 0.717) is 11.7 Å². The predicted molar refractivity (Wildman–Crippen MR) is 58.1 cm³/mol. The van der Waals surface area contributed by atoms with Crippen LogP contribution in [0.25, 0.3) is 0 Å². The molecule has 1 rings (SSSR count). The van der Waals surface area contributed by atoms with Gasteiger partial charge in [-0.3, -0.25) is 4.98 Å². The molecular formula is C10H17N3O. The van der Waals surface area contributed by atoms with Crippen molar-refractivity contribution >= 4 is 11.4 Å². The van der Waals surface area contributed by atoms with Gasteiger partial charge in [0.25, 0.3) is 0 Å². The summed E-state index contributed by atoms with van der Waals surface area (Å²) in [6.45, 7) is 2.31. The van der Waals surface area contributed by atoms with Crippen LogP contribution in [0.15, 0.2) is 18.5 Å². The zero-order chi connectivity index (χ0) is 10.4. The van der Waals surface area contributed by atoms with Crippen molar-refractivity contribution in [2.24, 2.45) is 0 Å². The van der Waals surface area contributed by atoms with Crippen LogP contribution in [0.1, 0.15) is 19.8 Å². The highest BCUT2D eigenvalue weighted by atomic mass is 16.2. The van der Waals surface area contributed by atoms with Gasteiger partial charge in [0.1, 0.15) is 0 Å². The molecule has 1 aromatic heterocycles. The van der Waals surface area contributed by atoms with E-state index in [1.807, 2.05) is 6.07 Å². The second kappa shape index (κ2) is 5.44. The molecule has 78 valence electrons. The quantitative estimate of drug-likeness (QED) is 0.661. The Labute approximate surface area is 84.2 Å². The van der Waals surface area contributed by atoms with Crippen molar-refractivity contribution < 1.29 is 5.11 Å². The van der Waals surface area contributed by atoms with E-state index in [4.69, 9.17) is 10.8 Å². The first-order chi connectivity index (χ1) is 6.72. The molecule has 14 heavy (non-hydrogen) atoms. The molecule has 0 radical (unpaired) electrons. The first kappa shape index (κ1) is 10.8. The predicted octanol–water partition coefficient (Wildman–Crippen LogP) is 1.24. The fourth-order valence-corrected chi connectivity index (χ4v) is 1.29. The van der Waals surface area contributed by atoms with Gasteiger partial charge in [0.05, 0.1) is 17.6 Å². The second-order valence-corrected chi connectivity index (χ2v) is 3.42. The SMILES string of the molecule is CC(CCCO)Nc1cncc(N)c1. The maximum atomic E-state index is 8.67. The second-order valence-electron chi connectivity index (χ2n) is 3.42. The lowest BCUT2D eigenvalue weighted by atomic mass is 10.2. The average molecular weight is 195 g/mol. The number of anilines is 2. The van der Waals surface area contributed by atoms with Crippen LogP contribution in [0.5, 0.6) is 0 Å². The zero-order valence-electron chi connectivity index (χ0n) is 8.40. The summed E-state index contributed by atoms with van der Waals surface area (Å²) in [7, 11) is 0. The number of aromatic nitrogens is 1. The maximum absolute atomic E-state index is 8.67. The molecular weight excluding hydrogens is 178 g/mol. The van der Waals surface area contributed by atoms with Gasteiger partial charge < -0.3 is 16.2 Å². The zero-order valence-corrected chi connectivity index (χ0v) is 8.40. The van der Waals surface area contributed by atoms with Gasteiger partial charge in [0.2, 0.25) is 0 Å². The van der Waals surface area contributed by atoms with Gasteiger partial charge in [-0.15, -0.1) is 0 Å². The van der Waals surface area contributed by atoms with Crippen LogP contribution in [0.3, 0.4) is 0 Å². The van der Waals surface area contributed by atoms with Crippen molar-refractivity contribution in [2.75, 3.05) is 17.7 Å². The molecule has 1 heterocycles. The van der Waals surface area contributed by atoms with Gasteiger partial charge in [-0.2, -0.15) is 0 Å². The lowest BCUT2D eigenvalue weighted by Crippen LogP contribution is -2.15. The topological polar surface area (TPSA) is 71.2 Å². The largest absolute Gasteiger partial charge is 0.397 e. The standard InChI is InChI=1S/C10H17N3O/c1-8(3-2-4-14)13-10-5-9(11)6-12-7-10/h5-8,13-14H,2-4,11H2,1H3. The first-order valence-electron chi connectivity index (χ1n) is 4.80. The summed E-state index contributed by atoms with van der Waals surface area (Å²) in [5, 5.41) is 11.9. The van der Waals surface area contributed by atoms with E-state index in [-0.39, 0.29) is 6.61 Å². The van der Waals surface area contributed by atoms with E-state index in [1.165, 1.54) is 0 Å². The van der Waals surface area contributed by atoms with Crippen molar-refractivity contribution in [1.82, 2.24) is 4.98 Å². The van der Waals surface area contributed by atoms with E-state index in [2.05, 4.69) is 17.2 Å². The van der Waals surface area contributed by atoms with Gasteiger partial charge in [0, 0.05) is 18.8 Å². The molecule has 0 amide bonds. The molecule has 1 atom stereocenters. The van der Waals surface area contributed by atoms with E-state index in [0.717, 1.165) is 18.5 Å². The number of nitrogens with one attached hydrogen (secondary N) is 1. The minimum atomic E-state index is 0.237. The van der Waals surface area contributed by atoms with Crippen LogP contribution in [-0.4, -0.2) is 22.7 Å². The number of aliphatic hydroxyl groups is 1. The highest BCUT2D eigenvalue weighted by Crippen LogP contribution is 2.12. The summed E-state index contributed by atoms with van der Waals surface area (Å²) >= 11 is 0. The molecule has 1 unspecified atom stereocenters. The fraction of sp³-hybridized carbons (Fsp3) is 0.500. The van der Waals surface area contributed by atoms with Gasteiger partial charge >= 0.3 is 0 Å². The maximum Gasteiger partial charge on any atom is 0.0549 e. The Balaban J connectivity index is 2.43. The van der Waals surface area contributed by atoms with Gasteiger partial charge in [0.15, 0.2) is 0 Å². The van der Waals surface area contributed by atoms with Gasteiger partial charge in [-0.05, 0) is 25.8 Å². The number of nitrogen functional groups attached to an aromatic ring is 1. The van der Waals surface area contributed by atoms with Gasteiger partial charge in [-0.1, -0.05) is 0 Å². The van der Waals surface area contributed by atoms with Crippen molar-refractivity contribution in [1.29, 1.82) is 0 Å². The summed E-state index contributed by atoms with van der Waals surface area (Å²) in [5.41, 5.74) is 7.18. The number of nitrogens with zero attached hydrogens (tertiary/aromatic N) is 1. The molecule has 0 aliphatic carbocycles. The van der Waals surface area contributed by atoms with Crippen LogP contribution >= 0.6 is 0 Å². The number of nitrogens with two attached hydrogens (primary N) is 1. The molecule has 4 heteroatoms. The third-order valence-electron chi connectivity index (χ3n) is 1.97. The number of hydrogen-bond acceptors (Lipinski definition) is 4. The molecule has 0 saturated heterocycles. The van der Waals surface area contributed by atoms with Crippen molar-refractivity contribution in [3.05, 3.63) is 18.5 Å².